The van der Waals surface area contributed by atoms with E-state index in [4.69, 9.17) is 4.74 Å². The Labute approximate surface area is 165 Å². The number of aromatic nitrogens is 4. The molecule has 142 valence electrons. The second-order valence-electron chi connectivity index (χ2n) is 6.05. The highest BCUT2D eigenvalue weighted by molar-refractivity contribution is 5.88. The molecule has 0 radical (unpaired) electrons. The molecular weight excluding hydrogens is 370 g/mol. The minimum Gasteiger partial charge on any atom is -0.460 e. The molecule has 0 aliphatic heterocycles. The van der Waals surface area contributed by atoms with Crippen LogP contribution in [0.3, 0.4) is 0 Å². The van der Waals surface area contributed by atoms with Crippen LogP contribution in [0.15, 0.2) is 65.5 Å². The molecular formula is C21H15N5O3. The van der Waals surface area contributed by atoms with E-state index in [0.717, 1.165) is 0 Å². The average Bonchev–Trinajstić information content (AvgIpc) is 3.13. The van der Waals surface area contributed by atoms with E-state index in [0.29, 0.717) is 11.3 Å². The maximum Gasteiger partial charge on any atom is 0.376 e. The first-order valence-electron chi connectivity index (χ1n) is 8.89. The number of hydrogen-bond acceptors (Lipinski definition) is 6. The Morgan fingerprint density at radius 1 is 1.10 bits per heavy atom. The molecule has 8 nitrogen and oxygen atoms in total. The van der Waals surface area contributed by atoms with Gasteiger partial charge in [0, 0.05) is 5.56 Å². The van der Waals surface area contributed by atoms with E-state index in [1.165, 1.54) is 9.08 Å². The molecule has 2 aromatic heterocycles. The number of nitrogens with zero attached hydrogens (tertiary/aromatic N) is 5. The number of esters is 1. The summed E-state index contributed by atoms with van der Waals surface area (Å²) in [7, 11) is 0. The summed E-state index contributed by atoms with van der Waals surface area (Å²) >= 11 is 0. The van der Waals surface area contributed by atoms with Gasteiger partial charge in [0.25, 0.3) is 5.56 Å². The molecule has 4 aromatic rings. The van der Waals surface area contributed by atoms with Gasteiger partial charge >= 0.3 is 5.97 Å². The third-order valence-electron chi connectivity index (χ3n) is 4.29. The lowest BCUT2D eigenvalue weighted by atomic mass is 10.1. The van der Waals surface area contributed by atoms with Crippen molar-refractivity contribution in [1.29, 1.82) is 5.26 Å². The van der Waals surface area contributed by atoms with Gasteiger partial charge in [-0.3, -0.25) is 9.20 Å². The monoisotopic (exact) mass is 385 g/mol. The van der Waals surface area contributed by atoms with Crippen molar-refractivity contribution in [3.8, 4) is 23.0 Å². The third kappa shape index (κ3) is 3.04. The van der Waals surface area contributed by atoms with Gasteiger partial charge in [-0.1, -0.05) is 48.5 Å². The highest BCUT2D eigenvalue weighted by atomic mass is 16.5. The fourth-order valence-electron chi connectivity index (χ4n) is 3.08. The van der Waals surface area contributed by atoms with Crippen molar-refractivity contribution in [2.75, 3.05) is 6.61 Å². The highest BCUT2D eigenvalue weighted by Gasteiger charge is 2.26. The fourth-order valence-corrected chi connectivity index (χ4v) is 3.08. The second kappa shape index (κ2) is 7.40. The van der Waals surface area contributed by atoms with Crippen molar-refractivity contribution in [2.24, 2.45) is 0 Å². The summed E-state index contributed by atoms with van der Waals surface area (Å²) in [6.45, 7) is 1.84. The van der Waals surface area contributed by atoms with Gasteiger partial charge in [0.1, 0.15) is 11.6 Å². The molecule has 29 heavy (non-hydrogen) atoms. The van der Waals surface area contributed by atoms with Gasteiger partial charge in [-0.15, -0.1) is 5.10 Å². The van der Waals surface area contributed by atoms with Crippen LogP contribution in [0.2, 0.25) is 0 Å². The van der Waals surface area contributed by atoms with Crippen molar-refractivity contribution >= 4 is 11.7 Å². The first kappa shape index (κ1) is 18.1. The topological polar surface area (TPSA) is 102 Å². The zero-order valence-corrected chi connectivity index (χ0v) is 15.4. The van der Waals surface area contributed by atoms with Gasteiger partial charge in [-0.25, -0.2) is 4.79 Å². The Balaban J connectivity index is 2.18. The lowest BCUT2D eigenvalue weighted by Crippen LogP contribution is -2.19. The number of carbonyl (C=O) groups is 1. The molecule has 0 N–H and O–H groups in total. The quantitative estimate of drug-likeness (QED) is 0.500. The molecule has 0 saturated carbocycles. The summed E-state index contributed by atoms with van der Waals surface area (Å²) < 4.78 is 7.95. The van der Waals surface area contributed by atoms with E-state index in [9.17, 15) is 14.9 Å². The SMILES string of the molecule is CCOC(=O)c1nn(-c2ccccc2)c2nc(=O)c(C#N)c(-c3ccccc3)n12. The van der Waals surface area contributed by atoms with Crippen LogP contribution in [-0.2, 0) is 4.74 Å². The van der Waals surface area contributed by atoms with Crippen LogP contribution in [0.5, 0.6) is 0 Å². The number of hydrogen-bond donors (Lipinski definition) is 0. The van der Waals surface area contributed by atoms with Crippen LogP contribution in [0.1, 0.15) is 23.1 Å². The molecule has 2 heterocycles. The predicted octanol–water partition coefficient (Wildman–Crippen LogP) is 2.60. The van der Waals surface area contributed by atoms with Crippen molar-refractivity contribution in [2.45, 2.75) is 6.92 Å². The molecule has 4 rings (SSSR count). The molecule has 8 heteroatoms. The van der Waals surface area contributed by atoms with E-state index in [-0.39, 0.29) is 29.5 Å². The summed E-state index contributed by atoms with van der Waals surface area (Å²) in [6.07, 6.45) is 0. The van der Waals surface area contributed by atoms with Crippen molar-refractivity contribution < 1.29 is 9.53 Å². The third-order valence-corrected chi connectivity index (χ3v) is 4.29. The summed E-state index contributed by atoms with van der Waals surface area (Å²) in [6, 6.07) is 19.8. The van der Waals surface area contributed by atoms with Crippen LogP contribution in [0, 0.1) is 11.3 Å². The zero-order chi connectivity index (χ0) is 20.4. The fraction of sp³-hybridized carbons (Fsp3) is 0.0952. The number of fused-ring (bicyclic) bond motifs is 1. The van der Waals surface area contributed by atoms with Gasteiger partial charge in [-0.05, 0) is 19.1 Å². The van der Waals surface area contributed by atoms with E-state index in [2.05, 4.69) is 10.1 Å². The standard InChI is InChI=1S/C21H15N5O3/c1-2-29-20(28)18-24-26(15-11-7-4-8-12-15)21-23-19(27)16(13-22)17(25(18)21)14-9-5-3-6-10-14/h3-12H,2H2,1H3. The van der Waals surface area contributed by atoms with Crippen LogP contribution >= 0.6 is 0 Å². The first-order valence-corrected chi connectivity index (χ1v) is 8.89. The summed E-state index contributed by atoms with van der Waals surface area (Å²) in [5, 5.41) is 14.0. The normalized spacial score (nSPS) is 10.6. The number of benzene rings is 2. The van der Waals surface area contributed by atoms with Gasteiger partial charge in [0.15, 0.2) is 0 Å². The predicted molar refractivity (Wildman–Crippen MR) is 105 cm³/mol. The minimum atomic E-state index is -0.696. The van der Waals surface area contributed by atoms with Crippen molar-refractivity contribution in [3.05, 3.63) is 82.4 Å². The Bertz CT molecular complexity index is 1300. The largest absolute Gasteiger partial charge is 0.460 e. The number of ether oxygens (including phenoxy) is 1. The van der Waals surface area contributed by atoms with Gasteiger partial charge in [-0.2, -0.15) is 14.9 Å². The van der Waals surface area contributed by atoms with Crippen LogP contribution in [-0.4, -0.2) is 31.7 Å². The van der Waals surface area contributed by atoms with Gasteiger partial charge < -0.3 is 4.74 Å². The number of para-hydroxylation sites is 1. The molecule has 0 aliphatic carbocycles. The zero-order valence-electron chi connectivity index (χ0n) is 15.4. The Hall–Kier alpha value is -4.25. The van der Waals surface area contributed by atoms with E-state index < -0.39 is 11.5 Å². The Morgan fingerprint density at radius 3 is 2.38 bits per heavy atom. The van der Waals surface area contributed by atoms with Crippen molar-refractivity contribution in [3.63, 3.8) is 0 Å². The van der Waals surface area contributed by atoms with Gasteiger partial charge in [0.05, 0.1) is 18.0 Å². The summed E-state index contributed by atoms with van der Waals surface area (Å²) in [5.41, 5.74) is 0.562. The van der Waals surface area contributed by atoms with Crippen molar-refractivity contribution in [1.82, 2.24) is 19.2 Å². The van der Waals surface area contributed by atoms with E-state index >= 15 is 0 Å². The Morgan fingerprint density at radius 2 is 1.76 bits per heavy atom. The highest BCUT2D eigenvalue weighted by Crippen LogP contribution is 2.25. The van der Waals surface area contributed by atoms with Crippen LogP contribution in [0.25, 0.3) is 22.7 Å². The molecule has 0 atom stereocenters. The molecule has 0 saturated heterocycles. The molecule has 0 spiro atoms. The molecule has 0 aliphatic rings. The average molecular weight is 385 g/mol. The smallest absolute Gasteiger partial charge is 0.376 e. The van der Waals surface area contributed by atoms with E-state index in [1.54, 1.807) is 55.5 Å². The number of rotatable bonds is 4. The van der Waals surface area contributed by atoms with Crippen LogP contribution in [0.4, 0.5) is 0 Å². The molecule has 0 unspecified atom stereocenters. The van der Waals surface area contributed by atoms with Gasteiger partial charge in [0.2, 0.25) is 11.6 Å². The second-order valence-corrected chi connectivity index (χ2v) is 6.05. The number of carbonyl (C=O) groups excluding carboxylic acids is 1. The first-order chi connectivity index (χ1) is 14.2. The molecule has 0 bridgehead atoms. The number of nitriles is 1. The lowest BCUT2D eigenvalue weighted by Gasteiger charge is -2.09. The minimum absolute atomic E-state index is 0.0754. The lowest BCUT2D eigenvalue weighted by molar-refractivity contribution is 0.0510. The Kier molecular flexibility index (Phi) is 4.63. The summed E-state index contributed by atoms with van der Waals surface area (Å²) in [4.78, 5) is 29.4. The van der Waals surface area contributed by atoms with Crippen LogP contribution < -0.4 is 5.56 Å². The maximum atomic E-state index is 12.7. The summed E-state index contributed by atoms with van der Waals surface area (Å²) in [5.74, 6) is -0.644. The molecule has 0 fully saturated rings. The maximum absolute atomic E-state index is 12.7. The van der Waals surface area contributed by atoms with E-state index in [1.807, 2.05) is 18.2 Å². The molecule has 0 amide bonds. The molecule has 2 aromatic carbocycles.